The molecule has 1 aliphatic carbocycles. The number of rotatable bonds is 7. The second kappa shape index (κ2) is 9.37. The maximum Gasteiger partial charge on any atom is 0.434 e. The minimum atomic E-state index is -0.999. The molecule has 4 aliphatic rings. The summed E-state index contributed by atoms with van der Waals surface area (Å²) in [6.07, 6.45) is 3.43. The largest absolute Gasteiger partial charge is 0.504 e. The molecule has 3 aliphatic heterocycles. The van der Waals surface area contributed by atoms with Gasteiger partial charge in [-0.05, 0) is 50.8 Å². The highest BCUT2D eigenvalue weighted by molar-refractivity contribution is 6.52. The number of halogens is 1. The van der Waals surface area contributed by atoms with Gasteiger partial charge in [0, 0.05) is 24.4 Å². The number of aliphatic hydroxyl groups is 1. The lowest BCUT2D eigenvalue weighted by molar-refractivity contribution is -0.385. The van der Waals surface area contributed by atoms with Crippen molar-refractivity contribution in [1.29, 1.82) is 5.26 Å². The van der Waals surface area contributed by atoms with Crippen LogP contribution in [0.2, 0.25) is 0 Å². The number of nitriles is 1. The number of carbonyl (C=O) groups is 3. The predicted molar refractivity (Wildman–Crippen MR) is 132 cm³/mol. The van der Waals surface area contributed by atoms with Crippen molar-refractivity contribution in [1.82, 2.24) is 10.6 Å². The molecule has 0 bridgehead atoms. The monoisotopic (exact) mass is 518 g/mol. The van der Waals surface area contributed by atoms with Crippen LogP contribution in [0.4, 0.5) is 4.39 Å². The van der Waals surface area contributed by atoms with E-state index in [-0.39, 0.29) is 36.2 Å². The standard InChI is InChI=1S/C27H24FN5O5/c1-27(2,12-29)13-31-24(35)18-11-33-21-20(22(34)19(26(33)37)25(36)32-17-7-8-17)30-10-15(23(21)38-18)9-14-3-5-16(28)6-4-14/h3-6,10-11,17,23H,7-9,13H2,1-2H3,(H2-,31,32,34,35,36,37)/p+1. The Morgan fingerprint density at radius 2 is 1.97 bits per heavy atom. The highest BCUT2D eigenvalue weighted by atomic mass is 19.1. The van der Waals surface area contributed by atoms with Gasteiger partial charge in [0.1, 0.15) is 5.82 Å². The van der Waals surface area contributed by atoms with Crippen LogP contribution in [0, 0.1) is 22.6 Å². The molecular formula is C27H25FN5O5+. The van der Waals surface area contributed by atoms with Gasteiger partial charge in [-0.3, -0.25) is 9.59 Å². The van der Waals surface area contributed by atoms with Crippen LogP contribution in [-0.2, 0) is 25.5 Å². The van der Waals surface area contributed by atoms with E-state index < -0.39 is 46.4 Å². The van der Waals surface area contributed by atoms with Crippen molar-refractivity contribution in [2.45, 2.75) is 45.3 Å². The Balaban J connectivity index is 1.54. The number of allylic oxidation sites excluding steroid dienone is 1. The van der Waals surface area contributed by atoms with Crippen molar-refractivity contribution in [3.8, 4) is 6.07 Å². The number of aliphatic hydroxyl groups excluding tert-OH is 1. The van der Waals surface area contributed by atoms with Crippen molar-refractivity contribution in [3.63, 3.8) is 0 Å². The highest BCUT2D eigenvalue weighted by Crippen LogP contribution is 2.31. The summed E-state index contributed by atoms with van der Waals surface area (Å²) in [6.45, 7) is 3.35. The van der Waals surface area contributed by atoms with E-state index in [1.807, 2.05) is 0 Å². The molecule has 3 amide bonds. The second-order valence-electron chi connectivity index (χ2n) is 10.2. The van der Waals surface area contributed by atoms with Crippen molar-refractivity contribution in [2.75, 3.05) is 6.54 Å². The summed E-state index contributed by atoms with van der Waals surface area (Å²) in [6, 6.07) is 7.85. The average molecular weight is 519 g/mol. The summed E-state index contributed by atoms with van der Waals surface area (Å²) in [5, 5.41) is 25.6. The van der Waals surface area contributed by atoms with Crippen LogP contribution in [-0.4, -0.2) is 57.5 Å². The summed E-state index contributed by atoms with van der Waals surface area (Å²) in [5.41, 5.74) is 0.113. The molecular weight excluding hydrogens is 493 g/mol. The van der Waals surface area contributed by atoms with Gasteiger partial charge in [0.15, 0.2) is 17.0 Å². The van der Waals surface area contributed by atoms with E-state index >= 15 is 0 Å². The number of nitrogens with zero attached hydrogens (tertiary/aromatic N) is 3. The van der Waals surface area contributed by atoms with E-state index in [0.717, 1.165) is 29.2 Å². The molecule has 194 valence electrons. The lowest BCUT2D eigenvalue weighted by Gasteiger charge is -2.30. The van der Waals surface area contributed by atoms with Gasteiger partial charge in [0.2, 0.25) is 12.3 Å². The minimum absolute atomic E-state index is 0.0141. The van der Waals surface area contributed by atoms with Crippen molar-refractivity contribution >= 4 is 29.1 Å². The van der Waals surface area contributed by atoms with Crippen LogP contribution in [0.1, 0.15) is 32.3 Å². The molecule has 0 radical (unpaired) electrons. The van der Waals surface area contributed by atoms with Crippen LogP contribution in [0.15, 0.2) is 64.3 Å². The maximum absolute atomic E-state index is 13.5. The molecule has 5 rings (SSSR count). The lowest BCUT2D eigenvalue weighted by atomic mass is 9.89. The number of hydrogen-bond donors (Lipinski definition) is 3. The number of ether oxygens (including phenoxy) is 1. The minimum Gasteiger partial charge on any atom is -0.504 e. The fourth-order valence-corrected chi connectivity index (χ4v) is 4.19. The zero-order valence-electron chi connectivity index (χ0n) is 20.7. The molecule has 38 heavy (non-hydrogen) atoms. The van der Waals surface area contributed by atoms with Gasteiger partial charge < -0.3 is 20.5 Å². The number of amides is 3. The summed E-state index contributed by atoms with van der Waals surface area (Å²) in [5.74, 6) is -3.39. The molecule has 1 unspecified atom stereocenters. The third-order valence-corrected chi connectivity index (χ3v) is 6.51. The smallest absolute Gasteiger partial charge is 0.434 e. The van der Waals surface area contributed by atoms with Gasteiger partial charge in [-0.2, -0.15) is 5.26 Å². The molecule has 3 N–H and O–H groups in total. The Hall–Kier alpha value is -4.59. The summed E-state index contributed by atoms with van der Waals surface area (Å²) in [7, 11) is 0. The summed E-state index contributed by atoms with van der Waals surface area (Å²) < 4.78 is 20.6. The first-order chi connectivity index (χ1) is 18.1. The van der Waals surface area contributed by atoms with Crippen LogP contribution >= 0.6 is 0 Å². The second-order valence-corrected chi connectivity index (χ2v) is 10.2. The third-order valence-electron chi connectivity index (χ3n) is 6.51. The topological polar surface area (TPSA) is 144 Å². The predicted octanol–water partition coefficient (Wildman–Crippen LogP) is 1.70. The number of hydrogen-bond acceptors (Lipinski definition) is 7. The summed E-state index contributed by atoms with van der Waals surface area (Å²) >= 11 is 0. The Kier molecular flexibility index (Phi) is 6.18. The van der Waals surface area contributed by atoms with E-state index in [1.54, 1.807) is 26.0 Å². The fourth-order valence-electron chi connectivity index (χ4n) is 4.19. The Labute approximate surface area is 217 Å². The van der Waals surface area contributed by atoms with Gasteiger partial charge in [-0.15, -0.1) is 4.58 Å². The fraction of sp³-hybridized carbons (Fsp3) is 0.333. The molecule has 1 aromatic rings. The molecule has 1 saturated carbocycles. The average Bonchev–Trinajstić information content (AvgIpc) is 3.71. The molecule has 3 heterocycles. The van der Waals surface area contributed by atoms with Crippen molar-refractivity contribution in [3.05, 3.63) is 70.7 Å². The summed E-state index contributed by atoms with van der Waals surface area (Å²) in [4.78, 5) is 43.7. The highest BCUT2D eigenvalue weighted by Gasteiger charge is 2.52. The van der Waals surface area contributed by atoms with Crippen LogP contribution in [0.3, 0.4) is 0 Å². The molecule has 0 saturated heterocycles. The SMILES string of the molecule is CC(C)(C#N)CNC(=O)C1=C[N+]2=C3C(=NC=C(Cc4ccc(F)cc4)C3O1)C(O)=C(C(=O)NC1CC1)C2=O. The molecule has 1 fully saturated rings. The number of benzene rings is 1. The van der Waals surface area contributed by atoms with Gasteiger partial charge in [0.05, 0.1) is 11.5 Å². The van der Waals surface area contributed by atoms with Gasteiger partial charge in [-0.1, -0.05) is 12.1 Å². The van der Waals surface area contributed by atoms with E-state index in [1.165, 1.54) is 18.3 Å². The molecule has 10 nitrogen and oxygen atoms in total. The molecule has 1 atom stereocenters. The molecule has 0 aromatic heterocycles. The first-order valence-corrected chi connectivity index (χ1v) is 12.1. The third kappa shape index (κ3) is 4.72. The first-order valence-electron chi connectivity index (χ1n) is 12.1. The molecule has 0 spiro atoms. The Morgan fingerprint density at radius 1 is 1.26 bits per heavy atom. The zero-order valence-corrected chi connectivity index (χ0v) is 20.7. The van der Waals surface area contributed by atoms with Crippen LogP contribution in [0.5, 0.6) is 0 Å². The van der Waals surface area contributed by atoms with Gasteiger partial charge in [0.25, 0.3) is 23.3 Å². The first kappa shape index (κ1) is 25.1. The van der Waals surface area contributed by atoms with Crippen molar-refractivity contribution in [2.24, 2.45) is 10.4 Å². The number of nitrogens with one attached hydrogen (secondary N) is 2. The molecule has 11 heteroatoms. The van der Waals surface area contributed by atoms with E-state index in [2.05, 4.69) is 21.7 Å². The van der Waals surface area contributed by atoms with Crippen LogP contribution < -0.4 is 10.6 Å². The zero-order chi connectivity index (χ0) is 27.2. The van der Waals surface area contributed by atoms with E-state index in [4.69, 9.17) is 4.74 Å². The maximum atomic E-state index is 13.5. The normalized spacial score (nSPS) is 20.4. The Bertz CT molecular complexity index is 1460. The van der Waals surface area contributed by atoms with E-state index in [9.17, 15) is 29.1 Å². The lowest BCUT2D eigenvalue weighted by Crippen LogP contribution is -2.52. The van der Waals surface area contributed by atoms with Gasteiger partial charge in [-0.25, -0.2) is 14.2 Å². The number of carbonyl (C=O) groups excluding carboxylic acids is 3. The number of aliphatic imine (C=N–C) groups is 1. The van der Waals surface area contributed by atoms with Crippen LogP contribution in [0.25, 0.3) is 0 Å². The van der Waals surface area contributed by atoms with Gasteiger partial charge >= 0.3 is 5.91 Å². The Morgan fingerprint density at radius 3 is 2.63 bits per heavy atom. The quantitative estimate of drug-likeness (QED) is 0.370. The van der Waals surface area contributed by atoms with Crippen molar-refractivity contribution < 1.29 is 33.2 Å². The van der Waals surface area contributed by atoms with E-state index in [0.29, 0.717) is 5.57 Å². The molecule has 1 aromatic carbocycles.